The lowest BCUT2D eigenvalue weighted by molar-refractivity contribution is 0.368. The summed E-state index contributed by atoms with van der Waals surface area (Å²) in [5.74, 6) is 0.708. The summed E-state index contributed by atoms with van der Waals surface area (Å²) in [4.78, 5) is 0. The molecule has 21 heavy (non-hydrogen) atoms. The molecule has 0 atom stereocenters. The summed E-state index contributed by atoms with van der Waals surface area (Å²) in [6.45, 7) is 0.792. The number of aromatic nitrogens is 2. The number of ether oxygens (including phenoxy) is 1. The number of hydrogen-bond donors (Lipinski definition) is 2. The van der Waals surface area contributed by atoms with E-state index in [-0.39, 0.29) is 6.61 Å². The van der Waals surface area contributed by atoms with Crippen molar-refractivity contribution in [2.24, 2.45) is 0 Å². The maximum atomic E-state index is 8.46. The van der Waals surface area contributed by atoms with Crippen LogP contribution in [0.15, 0.2) is 48.7 Å². The molecule has 0 aliphatic heterocycles. The average molecular weight is 278 g/mol. The zero-order valence-electron chi connectivity index (χ0n) is 11.3. The topological polar surface area (TPSA) is 73.7 Å². The van der Waals surface area contributed by atoms with Gasteiger partial charge in [-0.1, -0.05) is 12.1 Å². The van der Waals surface area contributed by atoms with Crippen LogP contribution in [0.3, 0.4) is 0 Å². The van der Waals surface area contributed by atoms with Gasteiger partial charge in [0, 0.05) is 17.6 Å². The van der Waals surface area contributed by atoms with Crippen molar-refractivity contribution < 1.29 is 4.74 Å². The summed E-state index contributed by atoms with van der Waals surface area (Å²) in [6.07, 6.45) is 1.80. The molecule has 0 saturated carbocycles. The Kier molecular flexibility index (Phi) is 3.70. The van der Waals surface area contributed by atoms with Gasteiger partial charge in [0.05, 0.1) is 11.7 Å². The molecule has 3 aromatic rings. The summed E-state index contributed by atoms with van der Waals surface area (Å²) in [7, 11) is 0. The summed E-state index contributed by atoms with van der Waals surface area (Å²) >= 11 is 0. The van der Waals surface area contributed by atoms with Crippen LogP contribution >= 0.6 is 0 Å². The molecule has 104 valence electrons. The Morgan fingerprint density at radius 2 is 2.05 bits per heavy atom. The number of anilines is 1. The van der Waals surface area contributed by atoms with Crippen LogP contribution in [0, 0.1) is 11.3 Å². The van der Waals surface area contributed by atoms with Crippen molar-refractivity contribution in [2.45, 2.75) is 6.54 Å². The van der Waals surface area contributed by atoms with E-state index in [4.69, 9.17) is 10.00 Å². The lowest BCUT2D eigenvalue weighted by Gasteiger charge is -2.07. The quantitative estimate of drug-likeness (QED) is 0.752. The zero-order chi connectivity index (χ0) is 14.5. The fraction of sp³-hybridized carbons (Fsp3) is 0.125. The van der Waals surface area contributed by atoms with E-state index in [0.29, 0.717) is 5.75 Å². The molecule has 0 bridgehead atoms. The molecular formula is C16H14N4O. The molecule has 0 spiro atoms. The first-order valence-electron chi connectivity index (χ1n) is 6.61. The third kappa shape index (κ3) is 3.12. The second-order valence-corrected chi connectivity index (χ2v) is 4.62. The van der Waals surface area contributed by atoms with E-state index < -0.39 is 0 Å². The molecule has 0 aliphatic carbocycles. The fourth-order valence-electron chi connectivity index (χ4n) is 2.07. The molecule has 1 aromatic heterocycles. The molecule has 0 saturated heterocycles. The van der Waals surface area contributed by atoms with Gasteiger partial charge in [0.2, 0.25) is 0 Å². The zero-order valence-corrected chi connectivity index (χ0v) is 11.3. The monoisotopic (exact) mass is 278 g/mol. The maximum absolute atomic E-state index is 8.46. The number of H-pyrrole nitrogens is 1. The Morgan fingerprint density at radius 1 is 1.19 bits per heavy atom. The SMILES string of the molecule is N#CCOc1ccc(CNc2ccc3cn[nH]c3c2)cc1. The van der Waals surface area contributed by atoms with E-state index in [1.54, 1.807) is 6.20 Å². The molecule has 2 aromatic carbocycles. The smallest absolute Gasteiger partial charge is 0.174 e. The number of nitriles is 1. The van der Waals surface area contributed by atoms with E-state index in [2.05, 4.69) is 15.5 Å². The predicted octanol–water partition coefficient (Wildman–Crippen LogP) is 3.08. The summed E-state index contributed by atoms with van der Waals surface area (Å²) in [6, 6.07) is 15.7. The Labute approximate surface area is 122 Å². The van der Waals surface area contributed by atoms with Crippen molar-refractivity contribution in [3.63, 3.8) is 0 Å². The van der Waals surface area contributed by atoms with Crippen molar-refractivity contribution in [1.82, 2.24) is 10.2 Å². The molecule has 0 unspecified atom stereocenters. The van der Waals surface area contributed by atoms with Crippen LogP contribution in [0.2, 0.25) is 0 Å². The Balaban J connectivity index is 1.62. The first-order chi connectivity index (χ1) is 10.3. The van der Waals surface area contributed by atoms with Crippen LogP contribution in [0.5, 0.6) is 5.75 Å². The van der Waals surface area contributed by atoms with Crippen molar-refractivity contribution in [3.05, 3.63) is 54.2 Å². The van der Waals surface area contributed by atoms with Gasteiger partial charge in [0.25, 0.3) is 0 Å². The third-order valence-corrected chi connectivity index (χ3v) is 3.17. The van der Waals surface area contributed by atoms with E-state index >= 15 is 0 Å². The summed E-state index contributed by atoms with van der Waals surface area (Å²) < 4.78 is 5.22. The molecule has 1 heterocycles. The van der Waals surface area contributed by atoms with Gasteiger partial charge in [-0.2, -0.15) is 10.4 Å². The van der Waals surface area contributed by atoms with Crippen LogP contribution in [0.25, 0.3) is 10.9 Å². The van der Waals surface area contributed by atoms with Gasteiger partial charge in [0.1, 0.15) is 11.8 Å². The van der Waals surface area contributed by atoms with Gasteiger partial charge in [-0.25, -0.2) is 0 Å². The molecule has 2 N–H and O–H groups in total. The second kappa shape index (κ2) is 5.97. The average Bonchev–Trinajstić information content (AvgIpc) is 2.99. The van der Waals surface area contributed by atoms with Gasteiger partial charge in [-0.15, -0.1) is 0 Å². The Bertz CT molecular complexity index is 771. The fourth-order valence-corrected chi connectivity index (χ4v) is 2.07. The molecule has 0 amide bonds. The molecule has 0 fully saturated rings. The largest absolute Gasteiger partial charge is 0.479 e. The number of hydrogen-bond acceptors (Lipinski definition) is 4. The first kappa shape index (κ1) is 13.0. The Morgan fingerprint density at radius 3 is 2.86 bits per heavy atom. The van der Waals surface area contributed by atoms with E-state index in [0.717, 1.165) is 28.7 Å². The van der Waals surface area contributed by atoms with Gasteiger partial charge in [-0.3, -0.25) is 5.10 Å². The van der Waals surface area contributed by atoms with Crippen LogP contribution in [0.1, 0.15) is 5.56 Å². The third-order valence-electron chi connectivity index (χ3n) is 3.17. The summed E-state index contributed by atoms with van der Waals surface area (Å²) in [5, 5.41) is 19.9. The number of benzene rings is 2. The number of fused-ring (bicyclic) bond motifs is 1. The Hall–Kier alpha value is -3.00. The van der Waals surface area contributed by atoms with Gasteiger partial charge in [0.15, 0.2) is 6.61 Å². The highest BCUT2D eigenvalue weighted by Gasteiger charge is 1.99. The van der Waals surface area contributed by atoms with E-state index in [1.165, 1.54) is 0 Å². The minimum absolute atomic E-state index is 0.0712. The van der Waals surface area contributed by atoms with Crippen molar-refractivity contribution >= 4 is 16.6 Å². The molecule has 3 rings (SSSR count). The van der Waals surface area contributed by atoms with Gasteiger partial charge >= 0.3 is 0 Å². The predicted molar refractivity (Wildman–Crippen MR) is 81.0 cm³/mol. The van der Waals surface area contributed by atoms with E-state index in [1.807, 2.05) is 48.5 Å². The van der Waals surface area contributed by atoms with Crippen LogP contribution < -0.4 is 10.1 Å². The minimum atomic E-state index is 0.0712. The van der Waals surface area contributed by atoms with Gasteiger partial charge in [-0.05, 0) is 35.9 Å². The van der Waals surface area contributed by atoms with Crippen molar-refractivity contribution in [3.8, 4) is 11.8 Å². The number of aromatic amines is 1. The number of rotatable bonds is 5. The van der Waals surface area contributed by atoms with Crippen LogP contribution in [-0.4, -0.2) is 16.8 Å². The molecule has 0 radical (unpaired) electrons. The minimum Gasteiger partial charge on any atom is -0.479 e. The van der Waals surface area contributed by atoms with Gasteiger partial charge < -0.3 is 10.1 Å². The molecule has 0 aliphatic rings. The van der Waals surface area contributed by atoms with E-state index in [9.17, 15) is 0 Å². The second-order valence-electron chi connectivity index (χ2n) is 4.62. The van der Waals surface area contributed by atoms with Crippen LogP contribution in [0.4, 0.5) is 5.69 Å². The standard InChI is InChI=1S/C16H14N4O/c17-7-8-21-15-5-1-12(2-6-15)10-18-14-4-3-13-11-19-20-16(13)9-14/h1-6,9,11,18H,8,10H2,(H,19,20). The highest BCUT2D eigenvalue weighted by molar-refractivity contribution is 5.81. The highest BCUT2D eigenvalue weighted by atomic mass is 16.5. The molecule has 5 heteroatoms. The highest BCUT2D eigenvalue weighted by Crippen LogP contribution is 2.18. The molecular weight excluding hydrogens is 264 g/mol. The lowest BCUT2D eigenvalue weighted by Crippen LogP contribution is -1.99. The van der Waals surface area contributed by atoms with Crippen molar-refractivity contribution in [2.75, 3.05) is 11.9 Å². The van der Waals surface area contributed by atoms with Crippen molar-refractivity contribution in [1.29, 1.82) is 5.26 Å². The number of nitrogens with zero attached hydrogens (tertiary/aromatic N) is 2. The first-order valence-corrected chi connectivity index (χ1v) is 6.61. The maximum Gasteiger partial charge on any atom is 0.174 e. The normalized spacial score (nSPS) is 10.2. The summed E-state index contributed by atoms with van der Waals surface area (Å²) in [5.41, 5.74) is 3.20. The lowest BCUT2D eigenvalue weighted by atomic mass is 10.2. The van der Waals surface area contributed by atoms with Crippen LogP contribution in [-0.2, 0) is 6.54 Å². The number of nitrogens with one attached hydrogen (secondary N) is 2. The molecule has 5 nitrogen and oxygen atoms in total.